The summed E-state index contributed by atoms with van der Waals surface area (Å²) < 4.78 is 13.9. The molecule has 0 saturated carbocycles. The van der Waals surface area contributed by atoms with E-state index in [9.17, 15) is 9.18 Å². The van der Waals surface area contributed by atoms with Crippen LogP contribution in [0.1, 0.15) is 24.6 Å². The van der Waals surface area contributed by atoms with Gasteiger partial charge in [0.25, 0.3) is 5.56 Å². The summed E-state index contributed by atoms with van der Waals surface area (Å²) in [5.41, 5.74) is 6.79. The highest BCUT2D eigenvalue weighted by Gasteiger charge is 2.11. The van der Waals surface area contributed by atoms with E-state index in [1.54, 1.807) is 12.1 Å². The average molecular weight is 293 g/mol. The predicted octanol–water partition coefficient (Wildman–Crippen LogP) is 2.47. The van der Waals surface area contributed by atoms with Gasteiger partial charge in [-0.1, -0.05) is 25.5 Å². The molecular weight excluding hydrogens is 277 g/mol. The third-order valence-electron chi connectivity index (χ3n) is 2.75. The number of nitrogens with one attached hydrogen (secondary N) is 1. The van der Waals surface area contributed by atoms with Gasteiger partial charge in [-0.3, -0.25) is 4.79 Å². The summed E-state index contributed by atoms with van der Waals surface area (Å²) in [5, 5.41) is 0.390. The lowest BCUT2D eigenvalue weighted by Gasteiger charge is -2.08. The molecule has 0 aliphatic carbocycles. The van der Waals surface area contributed by atoms with Crippen LogP contribution in [0.3, 0.4) is 0 Å². The predicted molar refractivity (Wildman–Crippen MR) is 77.3 cm³/mol. The molecule has 0 saturated heterocycles. The van der Waals surface area contributed by atoms with Gasteiger partial charge in [-0.2, -0.15) is 0 Å². The Morgan fingerprint density at radius 3 is 2.95 bits per heavy atom. The van der Waals surface area contributed by atoms with Crippen LogP contribution >= 0.6 is 11.8 Å². The first-order valence-electron chi connectivity index (χ1n) is 6.39. The zero-order chi connectivity index (χ0) is 14.5. The first-order valence-corrected chi connectivity index (χ1v) is 7.21. The second-order valence-electron chi connectivity index (χ2n) is 4.33. The van der Waals surface area contributed by atoms with Gasteiger partial charge in [-0.05, 0) is 29.8 Å². The number of aromatic amines is 1. The molecule has 0 radical (unpaired) electrons. The lowest BCUT2D eigenvalue weighted by Crippen LogP contribution is -2.10. The van der Waals surface area contributed by atoms with Crippen molar-refractivity contribution < 1.29 is 4.39 Å². The average Bonchev–Trinajstić information content (AvgIpc) is 2.41. The zero-order valence-electron chi connectivity index (χ0n) is 11.1. The Hall–Kier alpha value is -1.66. The van der Waals surface area contributed by atoms with Crippen molar-refractivity contribution in [3.63, 3.8) is 0 Å². The molecule has 0 amide bonds. The van der Waals surface area contributed by atoms with Crippen molar-refractivity contribution >= 4 is 11.8 Å². The maximum atomic E-state index is 13.9. The Kier molecular flexibility index (Phi) is 4.92. The number of halogens is 1. The van der Waals surface area contributed by atoms with Gasteiger partial charge in [-0.15, -0.1) is 0 Å². The molecule has 0 unspecified atom stereocenters. The maximum absolute atomic E-state index is 13.9. The molecule has 106 valence electrons. The Labute approximate surface area is 120 Å². The minimum Gasteiger partial charge on any atom is -0.326 e. The smallest absolute Gasteiger partial charge is 0.251 e. The zero-order valence-corrected chi connectivity index (χ0v) is 12.0. The van der Waals surface area contributed by atoms with Gasteiger partial charge in [0, 0.05) is 18.3 Å². The standard InChI is InChI=1S/C14H16FN3OS/c1-2-4-10-7-12(19)18-14(17-10)20-13-9(8-16)5-3-6-11(13)15/h3,5-7H,2,4,8,16H2,1H3,(H,17,18,19). The molecule has 0 fully saturated rings. The van der Waals surface area contributed by atoms with E-state index in [4.69, 9.17) is 5.73 Å². The van der Waals surface area contributed by atoms with Crippen molar-refractivity contribution in [2.24, 2.45) is 5.73 Å². The molecule has 0 aliphatic heterocycles. The van der Waals surface area contributed by atoms with Crippen molar-refractivity contribution in [2.45, 2.75) is 36.4 Å². The van der Waals surface area contributed by atoms with Crippen LogP contribution in [0.2, 0.25) is 0 Å². The highest BCUT2D eigenvalue weighted by Crippen LogP contribution is 2.30. The van der Waals surface area contributed by atoms with Crippen LogP contribution in [0.25, 0.3) is 0 Å². The SMILES string of the molecule is CCCc1cc(=O)[nH]c(Sc2c(F)cccc2CN)n1. The van der Waals surface area contributed by atoms with Gasteiger partial charge in [0.05, 0.1) is 4.90 Å². The fourth-order valence-electron chi connectivity index (χ4n) is 1.84. The third kappa shape index (κ3) is 3.46. The van der Waals surface area contributed by atoms with E-state index < -0.39 is 0 Å². The number of nitrogens with two attached hydrogens (primary N) is 1. The van der Waals surface area contributed by atoms with Crippen molar-refractivity contribution in [1.82, 2.24) is 9.97 Å². The van der Waals surface area contributed by atoms with Crippen molar-refractivity contribution in [3.8, 4) is 0 Å². The van der Waals surface area contributed by atoms with E-state index >= 15 is 0 Å². The number of aryl methyl sites for hydroxylation is 1. The normalized spacial score (nSPS) is 10.8. The van der Waals surface area contributed by atoms with Crippen LogP contribution in [0.4, 0.5) is 4.39 Å². The largest absolute Gasteiger partial charge is 0.326 e. The van der Waals surface area contributed by atoms with E-state index in [0.29, 0.717) is 21.3 Å². The first-order chi connectivity index (χ1) is 9.63. The Morgan fingerprint density at radius 1 is 1.45 bits per heavy atom. The van der Waals surface area contributed by atoms with Crippen LogP contribution in [0.15, 0.2) is 39.1 Å². The molecule has 1 heterocycles. The van der Waals surface area contributed by atoms with Gasteiger partial charge >= 0.3 is 0 Å². The number of H-pyrrole nitrogens is 1. The highest BCUT2D eigenvalue weighted by molar-refractivity contribution is 7.99. The van der Waals surface area contributed by atoms with Crippen molar-refractivity contribution in [2.75, 3.05) is 0 Å². The summed E-state index contributed by atoms with van der Waals surface area (Å²) in [6, 6.07) is 6.22. The second-order valence-corrected chi connectivity index (χ2v) is 5.33. The quantitative estimate of drug-likeness (QED) is 0.831. The van der Waals surface area contributed by atoms with E-state index in [1.165, 1.54) is 12.1 Å². The highest BCUT2D eigenvalue weighted by atomic mass is 32.2. The topological polar surface area (TPSA) is 71.8 Å². The Balaban J connectivity index is 2.37. The number of hydrogen-bond acceptors (Lipinski definition) is 4. The van der Waals surface area contributed by atoms with E-state index in [-0.39, 0.29) is 17.9 Å². The molecule has 0 aliphatic rings. The Bertz CT molecular complexity index is 657. The summed E-state index contributed by atoms with van der Waals surface area (Å²) in [7, 11) is 0. The molecule has 0 atom stereocenters. The number of rotatable bonds is 5. The summed E-state index contributed by atoms with van der Waals surface area (Å²) in [6.07, 6.45) is 1.62. The lowest BCUT2D eigenvalue weighted by atomic mass is 10.2. The van der Waals surface area contributed by atoms with Gasteiger partial charge in [0.15, 0.2) is 5.16 Å². The minimum atomic E-state index is -0.360. The molecule has 2 aromatic rings. The number of nitrogens with zero attached hydrogens (tertiary/aromatic N) is 1. The molecule has 0 bridgehead atoms. The molecule has 20 heavy (non-hydrogen) atoms. The van der Waals surface area contributed by atoms with E-state index in [2.05, 4.69) is 9.97 Å². The third-order valence-corrected chi connectivity index (χ3v) is 3.79. The maximum Gasteiger partial charge on any atom is 0.251 e. The number of aromatic nitrogens is 2. The van der Waals surface area contributed by atoms with Gasteiger partial charge < -0.3 is 10.7 Å². The van der Waals surface area contributed by atoms with Crippen LogP contribution in [0, 0.1) is 5.82 Å². The van der Waals surface area contributed by atoms with E-state index in [1.807, 2.05) is 6.92 Å². The number of benzene rings is 1. The summed E-state index contributed by atoms with van der Waals surface area (Å²) in [6.45, 7) is 2.25. The summed E-state index contributed by atoms with van der Waals surface area (Å²) in [5.74, 6) is -0.360. The molecule has 6 heteroatoms. The minimum absolute atomic E-state index is 0.225. The monoisotopic (exact) mass is 293 g/mol. The molecule has 0 spiro atoms. The van der Waals surface area contributed by atoms with Crippen LogP contribution in [0.5, 0.6) is 0 Å². The fourth-order valence-corrected chi connectivity index (χ4v) is 2.80. The Morgan fingerprint density at radius 2 is 2.25 bits per heavy atom. The van der Waals surface area contributed by atoms with Gasteiger partial charge in [0.1, 0.15) is 5.82 Å². The van der Waals surface area contributed by atoms with Crippen LogP contribution in [-0.2, 0) is 13.0 Å². The lowest BCUT2D eigenvalue weighted by molar-refractivity contribution is 0.596. The molecule has 2 rings (SSSR count). The van der Waals surface area contributed by atoms with Gasteiger partial charge in [0.2, 0.25) is 0 Å². The molecule has 1 aromatic heterocycles. The van der Waals surface area contributed by atoms with Crippen molar-refractivity contribution in [1.29, 1.82) is 0 Å². The van der Waals surface area contributed by atoms with Crippen molar-refractivity contribution in [3.05, 3.63) is 51.7 Å². The summed E-state index contributed by atoms with van der Waals surface area (Å²) in [4.78, 5) is 19.0. The molecule has 1 aromatic carbocycles. The first kappa shape index (κ1) is 14.7. The van der Waals surface area contributed by atoms with Crippen LogP contribution < -0.4 is 11.3 Å². The number of hydrogen-bond donors (Lipinski definition) is 2. The fraction of sp³-hybridized carbons (Fsp3) is 0.286. The second kappa shape index (κ2) is 6.67. The summed E-state index contributed by atoms with van der Waals surface area (Å²) >= 11 is 1.10. The molecule has 4 nitrogen and oxygen atoms in total. The molecular formula is C14H16FN3OS. The van der Waals surface area contributed by atoms with Crippen LogP contribution in [-0.4, -0.2) is 9.97 Å². The molecule has 3 N–H and O–H groups in total. The van der Waals surface area contributed by atoms with E-state index in [0.717, 1.165) is 24.6 Å². The van der Waals surface area contributed by atoms with Gasteiger partial charge in [-0.25, -0.2) is 9.37 Å².